The highest BCUT2D eigenvalue weighted by molar-refractivity contribution is 6.03. The molecule has 41 heavy (non-hydrogen) atoms. The molecule has 0 saturated carbocycles. The fourth-order valence-electron chi connectivity index (χ4n) is 5.15. The first-order chi connectivity index (χ1) is 20.0. The number of anilines is 1. The van der Waals surface area contributed by atoms with Crippen LogP contribution in [0, 0.1) is 0 Å². The Balaban J connectivity index is 1.33. The van der Waals surface area contributed by atoms with Crippen molar-refractivity contribution in [2.24, 2.45) is 0 Å². The summed E-state index contributed by atoms with van der Waals surface area (Å²) in [6, 6.07) is 10.1. The first kappa shape index (κ1) is 32.5. The summed E-state index contributed by atoms with van der Waals surface area (Å²) in [7, 11) is 0. The molecule has 0 aliphatic carbocycles. The highest BCUT2D eigenvalue weighted by Gasteiger charge is 2.39. The van der Waals surface area contributed by atoms with Crippen LogP contribution in [-0.2, 0) is 14.3 Å². The summed E-state index contributed by atoms with van der Waals surface area (Å²) in [4.78, 5) is 41.4. The maximum Gasteiger partial charge on any atom is 0.351 e. The lowest BCUT2D eigenvalue weighted by molar-refractivity contribution is -0.153. The van der Waals surface area contributed by atoms with Gasteiger partial charge in [0.25, 0.3) is 5.91 Å². The number of ether oxygens (including phenoxy) is 2. The quantitative estimate of drug-likeness (QED) is 0.153. The predicted molar refractivity (Wildman–Crippen MR) is 159 cm³/mol. The van der Waals surface area contributed by atoms with E-state index < -0.39 is 24.1 Å². The lowest BCUT2D eigenvalue weighted by Gasteiger charge is -2.16. The van der Waals surface area contributed by atoms with Crippen molar-refractivity contribution in [2.45, 2.75) is 122 Å². The molecule has 1 aromatic heterocycles. The van der Waals surface area contributed by atoms with Crippen molar-refractivity contribution in [2.75, 3.05) is 11.9 Å². The number of rotatable bonds is 19. The highest BCUT2D eigenvalue weighted by atomic mass is 16.6. The number of unbranched alkanes of at least 4 members (excludes halogenated alkanes) is 12. The number of nitrogens with zero attached hydrogens (tertiary/aromatic N) is 2. The van der Waals surface area contributed by atoms with Gasteiger partial charge in [-0.3, -0.25) is 14.2 Å². The van der Waals surface area contributed by atoms with Crippen molar-refractivity contribution >= 4 is 17.7 Å². The molecule has 3 rings (SSSR count). The zero-order valence-corrected chi connectivity index (χ0v) is 24.5. The molecule has 0 radical (unpaired) electrons. The van der Waals surface area contributed by atoms with Crippen molar-refractivity contribution in [1.29, 1.82) is 0 Å². The second kappa shape index (κ2) is 18.4. The lowest BCUT2D eigenvalue weighted by Crippen LogP contribution is -2.30. The predicted octanol–water partition coefficient (Wildman–Crippen LogP) is 6.17. The van der Waals surface area contributed by atoms with Crippen molar-refractivity contribution in [3.8, 4) is 0 Å². The summed E-state index contributed by atoms with van der Waals surface area (Å²) >= 11 is 0. The number of aromatic nitrogens is 2. The molecule has 3 atom stereocenters. The molecule has 1 amide bonds. The Labute approximate surface area is 243 Å². The average Bonchev–Trinajstić information content (AvgIpc) is 3.38. The molecule has 1 fully saturated rings. The van der Waals surface area contributed by atoms with E-state index in [0.29, 0.717) is 12.0 Å². The van der Waals surface area contributed by atoms with E-state index in [-0.39, 0.29) is 30.7 Å². The fourth-order valence-corrected chi connectivity index (χ4v) is 5.15. The number of hydrogen-bond donors (Lipinski definition) is 2. The van der Waals surface area contributed by atoms with Gasteiger partial charge in [0.2, 0.25) is 0 Å². The lowest BCUT2D eigenvalue weighted by atomic mass is 10.0. The van der Waals surface area contributed by atoms with Crippen LogP contribution >= 0.6 is 0 Å². The molecule has 2 heterocycles. The topological polar surface area (TPSA) is 120 Å². The Hall–Kier alpha value is -3.04. The van der Waals surface area contributed by atoms with Crippen molar-refractivity contribution in [3.05, 3.63) is 58.6 Å². The normalized spacial score (nSPS) is 18.3. The van der Waals surface area contributed by atoms with Crippen LogP contribution in [0.25, 0.3) is 0 Å². The Kier molecular flexibility index (Phi) is 14.6. The fraction of sp³-hybridized carbons (Fsp3) is 0.625. The van der Waals surface area contributed by atoms with Crippen molar-refractivity contribution < 1.29 is 24.2 Å². The largest absolute Gasteiger partial charge is 0.459 e. The molecule has 9 heteroatoms. The highest BCUT2D eigenvalue weighted by Crippen LogP contribution is 2.30. The van der Waals surface area contributed by atoms with Gasteiger partial charge in [0, 0.05) is 24.6 Å². The number of aliphatic hydroxyl groups is 1. The molecule has 1 saturated heterocycles. The van der Waals surface area contributed by atoms with Crippen LogP contribution < -0.4 is 11.0 Å². The van der Waals surface area contributed by atoms with E-state index in [2.05, 4.69) is 17.2 Å². The number of amides is 1. The van der Waals surface area contributed by atoms with Crippen LogP contribution in [0.3, 0.4) is 0 Å². The molecule has 2 N–H and O–H groups in total. The summed E-state index contributed by atoms with van der Waals surface area (Å²) in [5.41, 5.74) is -0.164. The van der Waals surface area contributed by atoms with E-state index in [4.69, 9.17) is 9.47 Å². The van der Waals surface area contributed by atoms with Crippen molar-refractivity contribution in [3.63, 3.8) is 0 Å². The number of benzene rings is 1. The van der Waals surface area contributed by atoms with Gasteiger partial charge >= 0.3 is 11.7 Å². The SMILES string of the molecule is CCCCCCCCCCCCCCCC(=O)O[C@@H]1C[C@@H](n2ccc(NC(=O)c3ccccc3)nc2=O)O[C@@H]1CO. The molecule has 1 aliphatic rings. The van der Waals surface area contributed by atoms with E-state index in [1.165, 1.54) is 81.0 Å². The third-order valence-corrected chi connectivity index (χ3v) is 7.55. The van der Waals surface area contributed by atoms with Gasteiger partial charge in [0.05, 0.1) is 6.61 Å². The first-order valence-electron chi connectivity index (χ1n) is 15.4. The van der Waals surface area contributed by atoms with Gasteiger partial charge in [0.1, 0.15) is 24.3 Å². The van der Waals surface area contributed by atoms with E-state index in [1.807, 2.05) is 6.07 Å². The van der Waals surface area contributed by atoms with E-state index in [0.717, 1.165) is 19.3 Å². The number of carbonyl (C=O) groups excluding carboxylic acids is 2. The van der Waals surface area contributed by atoms with Crippen molar-refractivity contribution in [1.82, 2.24) is 9.55 Å². The molecule has 9 nitrogen and oxygen atoms in total. The van der Waals surface area contributed by atoms with Crippen LogP contribution in [0.15, 0.2) is 47.4 Å². The zero-order chi connectivity index (χ0) is 29.3. The summed E-state index contributed by atoms with van der Waals surface area (Å²) in [5.74, 6) is -0.564. The standard InChI is InChI=1S/C32H47N3O6/c1-2-3-4-5-6-7-8-9-10-11-12-13-17-20-30(37)41-26-23-29(40-27(26)24-36)35-22-21-28(34-32(35)39)33-31(38)25-18-15-14-16-19-25/h14-16,18-19,21-22,26-27,29,36H,2-13,17,20,23-24H2,1H3,(H,33,34,38,39)/t26-,27-,29+/m1/s1. The Morgan fingerprint density at radius 3 is 2.15 bits per heavy atom. The van der Waals surface area contributed by atoms with Gasteiger partial charge in [0.15, 0.2) is 0 Å². The number of nitrogens with one attached hydrogen (secondary N) is 1. The molecule has 226 valence electrons. The summed E-state index contributed by atoms with van der Waals surface area (Å²) in [6.45, 7) is 1.91. The maximum atomic E-state index is 12.7. The Morgan fingerprint density at radius 2 is 1.56 bits per heavy atom. The zero-order valence-electron chi connectivity index (χ0n) is 24.5. The second-order valence-electron chi connectivity index (χ2n) is 10.9. The molecular formula is C32H47N3O6. The molecule has 1 aromatic carbocycles. The van der Waals surface area contributed by atoms with Gasteiger partial charge in [-0.25, -0.2) is 4.79 Å². The minimum absolute atomic E-state index is 0.123. The number of esters is 1. The number of hydrogen-bond acceptors (Lipinski definition) is 7. The molecule has 0 unspecified atom stereocenters. The van der Waals surface area contributed by atoms with E-state index >= 15 is 0 Å². The van der Waals surface area contributed by atoms with Crippen LogP contribution in [0.4, 0.5) is 5.82 Å². The van der Waals surface area contributed by atoms with Gasteiger partial charge in [-0.2, -0.15) is 4.98 Å². The number of carbonyl (C=O) groups is 2. The summed E-state index contributed by atoms with van der Waals surface area (Å²) in [5, 5.41) is 12.4. The minimum Gasteiger partial charge on any atom is -0.459 e. The molecule has 2 aromatic rings. The van der Waals surface area contributed by atoms with E-state index in [1.54, 1.807) is 24.3 Å². The third kappa shape index (κ3) is 11.4. The van der Waals surface area contributed by atoms with E-state index in [9.17, 15) is 19.5 Å². The monoisotopic (exact) mass is 569 g/mol. The summed E-state index contributed by atoms with van der Waals surface area (Å²) < 4.78 is 12.7. The maximum absolute atomic E-state index is 12.7. The van der Waals surface area contributed by atoms with Gasteiger partial charge in [-0.15, -0.1) is 0 Å². The molecular weight excluding hydrogens is 522 g/mol. The Bertz CT molecular complexity index is 1110. The Morgan fingerprint density at radius 1 is 0.951 bits per heavy atom. The molecule has 0 bridgehead atoms. The third-order valence-electron chi connectivity index (χ3n) is 7.55. The van der Waals surface area contributed by atoms with Crippen LogP contribution in [-0.4, -0.2) is 45.3 Å². The smallest absolute Gasteiger partial charge is 0.351 e. The van der Waals surface area contributed by atoms with Crippen LogP contribution in [0.2, 0.25) is 0 Å². The van der Waals surface area contributed by atoms with Crippen LogP contribution in [0.1, 0.15) is 120 Å². The molecule has 1 aliphatic heterocycles. The molecule has 0 spiro atoms. The number of aliphatic hydroxyl groups excluding tert-OH is 1. The average molecular weight is 570 g/mol. The summed E-state index contributed by atoms with van der Waals surface area (Å²) in [6.07, 6.45) is 16.0. The minimum atomic E-state index is -0.736. The second-order valence-corrected chi connectivity index (χ2v) is 10.9. The van der Waals surface area contributed by atoms with Gasteiger partial charge in [-0.05, 0) is 24.6 Å². The first-order valence-corrected chi connectivity index (χ1v) is 15.4. The van der Waals surface area contributed by atoms with Gasteiger partial charge in [-0.1, -0.05) is 102 Å². The van der Waals surface area contributed by atoms with Crippen LogP contribution in [0.5, 0.6) is 0 Å². The van der Waals surface area contributed by atoms with Gasteiger partial charge < -0.3 is 19.9 Å².